The third kappa shape index (κ3) is 3.18. The van der Waals surface area contributed by atoms with Crippen molar-refractivity contribution in [2.24, 2.45) is 0 Å². The minimum Gasteiger partial charge on any atom is -0.397 e. The SMILES string of the molecule is Nc1ccc(C(=O)Nc2cccc(C3OCCO3)c2)nc1. The summed E-state index contributed by atoms with van der Waals surface area (Å²) in [6, 6.07) is 10.6. The molecule has 0 bridgehead atoms. The van der Waals surface area contributed by atoms with Crippen molar-refractivity contribution in [3.63, 3.8) is 0 Å². The summed E-state index contributed by atoms with van der Waals surface area (Å²) in [6.45, 7) is 1.16. The standard InChI is InChI=1S/C15H15N3O3/c16-11-4-5-13(17-9-11)14(19)18-12-3-1-2-10(8-12)15-20-6-7-21-15/h1-5,8-9,15H,6-7,16H2,(H,18,19). The quantitative estimate of drug-likeness (QED) is 0.900. The molecule has 6 nitrogen and oxygen atoms in total. The monoisotopic (exact) mass is 285 g/mol. The lowest BCUT2D eigenvalue weighted by Crippen LogP contribution is -2.14. The maximum absolute atomic E-state index is 12.1. The molecule has 1 amide bonds. The van der Waals surface area contributed by atoms with E-state index in [0.717, 1.165) is 5.56 Å². The molecule has 0 unspecified atom stereocenters. The van der Waals surface area contributed by atoms with Gasteiger partial charge in [0.2, 0.25) is 0 Å². The van der Waals surface area contributed by atoms with Crippen molar-refractivity contribution >= 4 is 17.3 Å². The molecule has 0 aliphatic carbocycles. The Labute approximate surface area is 121 Å². The molecule has 1 fully saturated rings. The fourth-order valence-corrected chi connectivity index (χ4v) is 2.05. The normalized spacial score (nSPS) is 15.0. The number of carbonyl (C=O) groups excluding carboxylic acids is 1. The second-order valence-electron chi connectivity index (χ2n) is 4.63. The predicted molar refractivity (Wildman–Crippen MR) is 77.7 cm³/mol. The van der Waals surface area contributed by atoms with E-state index < -0.39 is 0 Å². The fourth-order valence-electron chi connectivity index (χ4n) is 2.05. The Morgan fingerprint density at radius 1 is 1.24 bits per heavy atom. The predicted octanol–water partition coefficient (Wildman–Crippen LogP) is 1.96. The third-order valence-corrected chi connectivity index (χ3v) is 3.06. The van der Waals surface area contributed by atoms with Gasteiger partial charge in [-0.1, -0.05) is 12.1 Å². The molecule has 0 spiro atoms. The van der Waals surface area contributed by atoms with Gasteiger partial charge in [-0.05, 0) is 24.3 Å². The lowest BCUT2D eigenvalue weighted by molar-refractivity contribution is -0.0440. The Hall–Kier alpha value is -2.44. The number of hydrogen-bond donors (Lipinski definition) is 2. The van der Waals surface area contributed by atoms with Crippen molar-refractivity contribution in [1.82, 2.24) is 4.98 Å². The van der Waals surface area contributed by atoms with Crippen molar-refractivity contribution in [3.8, 4) is 0 Å². The summed E-state index contributed by atoms with van der Waals surface area (Å²) in [5, 5.41) is 2.79. The Morgan fingerprint density at radius 3 is 2.76 bits per heavy atom. The average Bonchev–Trinajstić information content (AvgIpc) is 3.02. The summed E-state index contributed by atoms with van der Waals surface area (Å²) in [4.78, 5) is 16.1. The van der Waals surface area contributed by atoms with Crippen LogP contribution in [0, 0.1) is 0 Å². The van der Waals surface area contributed by atoms with Crippen LogP contribution in [0.5, 0.6) is 0 Å². The highest BCUT2D eigenvalue weighted by molar-refractivity contribution is 6.02. The minimum atomic E-state index is -0.364. The van der Waals surface area contributed by atoms with Crippen LogP contribution >= 0.6 is 0 Å². The Morgan fingerprint density at radius 2 is 2.05 bits per heavy atom. The molecule has 1 aromatic heterocycles. The van der Waals surface area contributed by atoms with Crippen molar-refractivity contribution < 1.29 is 14.3 Å². The summed E-state index contributed by atoms with van der Waals surface area (Å²) in [6.07, 6.45) is 1.09. The molecule has 1 saturated heterocycles. The molecule has 21 heavy (non-hydrogen) atoms. The smallest absolute Gasteiger partial charge is 0.274 e. The average molecular weight is 285 g/mol. The van der Waals surface area contributed by atoms with Crippen LogP contribution in [-0.2, 0) is 9.47 Å². The van der Waals surface area contributed by atoms with Crippen molar-refractivity contribution in [1.29, 1.82) is 0 Å². The number of aromatic nitrogens is 1. The second-order valence-corrected chi connectivity index (χ2v) is 4.63. The van der Waals surface area contributed by atoms with Crippen LogP contribution in [-0.4, -0.2) is 24.1 Å². The second kappa shape index (κ2) is 5.90. The topological polar surface area (TPSA) is 86.5 Å². The first-order valence-electron chi connectivity index (χ1n) is 6.58. The highest BCUT2D eigenvalue weighted by Crippen LogP contribution is 2.25. The molecule has 1 aromatic carbocycles. The first kappa shape index (κ1) is 13.5. The molecule has 6 heteroatoms. The fraction of sp³-hybridized carbons (Fsp3) is 0.200. The zero-order chi connectivity index (χ0) is 14.7. The number of rotatable bonds is 3. The number of amides is 1. The van der Waals surface area contributed by atoms with Gasteiger partial charge < -0.3 is 20.5 Å². The van der Waals surface area contributed by atoms with Crippen molar-refractivity contribution in [2.45, 2.75) is 6.29 Å². The molecule has 3 rings (SSSR count). The Kier molecular flexibility index (Phi) is 3.81. The van der Waals surface area contributed by atoms with E-state index in [1.165, 1.54) is 6.20 Å². The molecule has 2 aromatic rings. The lowest BCUT2D eigenvalue weighted by Gasteiger charge is -2.11. The van der Waals surface area contributed by atoms with Gasteiger partial charge in [-0.2, -0.15) is 0 Å². The molecular formula is C15H15N3O3. The number of benzene rings is 1. The zero-order valence-electron chi connectivity index (χ0n) is 11.3. The summed E-state index contributed by atoms with van der Waals surface area (Å²) in [7, 11) is 0. The van der Waals surface area contributed by atoms with Gasteiger partial charge in [0.05, 0.1) is 25.1 Å². The van der Waals surface area contributed by atoms with E-state index in [2.05, 4.69) is 10.3 Å². The molecule has 0 atom stereocenters. The van der Waals surface area contributed by atoms with Gasteiger partial charge in [-0.25, -0.2) is 4.98 Å². The highest BCUT2D eigenvalue weighted by Gasteiger charge is 2.18. The molecule has 1 aliphatic rings. The van der Waals surface area contributed by atoms with E-state index in [4.69, 9.17) is 15.2 Å². The molecule has 2 heterocycles. The van der Waals surface area contributed by atoms with E-state index in [1.54, 1.807) is 18.2 Å². The number of nitrogens with zero attached hydrogens (tertiary/aromatic N) is 1. The van der Waals surface area contributed by atoms with Crippen LogP contribution in [0.15, 0.2) is 42.6 Å². The Balaban J connectivity index is 1.73. The first-order chi connectivity index (χ1) is 10.2. The number of anilines is 2. The van der Waals surface area contributed by atoms with E-state index in [1.807, 2.05) is 18.2 Å². The van der Waals surface area contributed by atoms with Gasteiger partial charge >= 0.3 is 0 Å². The van der Waals surface area contributed by atoms with Gasteiger partial charge in [-0.3, -0.25) is 4.79 Å². The minimum absolute atomic E-state index is 0.291. The maximum Gasteiger partial charge on any atom is 0.274 e. The van der Waals surface area contributed by atoms with Crippen LogP contribution in [0.1, 0.15) is 22.3 Å². The van der Waals surface area contributed by atoms with Gasteiger partial charge in [-0.15, -0.1) is 0 Å². The van der Waals surface area contributed by atoms with Gasteiger partial charge in [0.25, 0.3) is 5.91 Å². The van der Waals surface area contributed by atoms with E-state index in [0.29, 0.717) is 30.3 Å². The van der Waals surface area contributed by atoms with Crippen LogP contribution in [0.4, 0.5) is 11.4 Å². The first-order valence-corrected chi connectivity index (χ1v) is 6.58. The highest BCUT2D eigenvalue weighted by atomic mass is 16.7. The molecule has 1 aliphatic heterocycles. The maximum atomic E-state index is 12.1. The molecule has 3 N–H and O–H groups in total. The largest absolute Gasteiger partial charge is 0.397 e. The van der Waals surface area contributed by atoms with Gasteiger partial charge in [0.1, 0.15) is 5.69 Å². The Bertz CT molecular complexity index is 637. The number of pyridine rings is 1. The van der Waals surface area contributed by atoms with E-state index in [9.17, 15) is 4.79 Å². The van der Waals surface area contributed by atoms with E-state index in [-0.39, 0.29) is 12.2 Å². The van der Waals surface area contributed by atoms with Crippen LogP contribution in [0.3, 0.4) is 0 Å². The number of carbonyl (C=O) groups is 1. The number of nitrogen functional groups attached to an aromatic ring is 1. The lowest BCUT2D eigenvalue weighted by atomic mass is 10.2. The molecule has 108 valence electrons. The van der Waals surface area contributed by atoms with E-state index >= 15 is 0 Å². The van der Waals surface area contributed by atoms with Crippen LogP contribution in [0.25, 0.3) is 0 Å². The summed E-state index contributed by atoms with van der Waals surface area (Å²) in [5.74, 6) is -0.291. The van der Waals surface area contributed by atoms with Crippen molar-refractivity contribution in [2.75, 3.05) is 24.3 Å². The zero-order valence-corrected chi connectivity index (χ0v) is 11.3. The third-order valence-electron chi connectivity index (χ3n) is 3.06. The van der Waals surface area contributed by atoms with Crippen LogP contribution in [0.2, 0.25) is 0 Å². The number of hydrogen-bond acceptors (Lipinski definition) is 5. The van der Waals surface area contributed by atoms with Gasteiger partial charge in [0.15, 0.2) is 6.29 Å². The summed E-state index contributed by atoms with van der Waals surface area (Å²) >= 11 is 0. The molecule has 0 radical (unpaired) electrons. The van der Waals surface area contributed by atoms with Crippen LogP contribution < -0.4 is 11.1 Å². The summed E-state index contributed by atoms with van der Waals surface area (Å²) in [5.41, 5.74) is 7.91. The molecule has 0 saturated carbocycles. The van der Waals surface area contributed by atoms with Gasteiger partial charge in [0, 0.05) is 11.3 Å². The number of nitrogens with two attached hydrogens (primary N) is 1. The number of ether oxygens (including phenoxy) is 2. The summed E-state index contributed by atoms with van der Waals surface area (Å²) < 4.78 is 10.9. The number of nitrogens with one attached hydrogen (secondary N) is 1. The van der Waals surface area contributed by atoms with Crippen molar-refractivity contribution in [3.05, 3.63) is 53.9 Å². The molecular weight excluding hydrogens is 270 g/mol.